The molecular weight excluding hydrogens is 142 g/mol. The molecular formula is C8H17NO2. The minimum Gasteiger partial charge on any atom is -0.395 e. The fourth-order valence-corrected chi connectivity index (χ4v) is 1.17. The lowest BCUT2D eigenvalue weighted by Crippen LogP contribution is -2.54. The lowest BCUT2D eigenvalue weighted by atomic mass is 9.86. The molecule has 0 spiro atoms. The highest BCUT2D eigenvalue weighted by Crippen LogP contribution is 2.23. The van der Waals surface area contributed by atoms with Crippen LogP contribution < -0.4 is 5.32 Å². The summed E-state index contributed by atoms with van der Waals surface area (Å²) in [5.74, 6) is 0.606. The van der Waals surface area contributed by atoms with Gasteiger partial charge >= 0.3 is 0 Å². The predicted molar refractivity (Wildman–Crippen MR) is 43.5 cm³/mol. The summed E-state index contributed by atoms with van der Waals surface area (Å²) in [5.41, 5.74) is 0.112. The van der Waals surface area contributed by atoms with Gasteiger partial charge in [-0.05, 0) is 13.8 Å². The predicted octanol–water partition coefficient (Wildman–Crippen LogP) is -0.00670. The van der Waals surface area contributed by atoms with Crippen LogP contribution in [0.2, 0.25) is 0 Å². The summed E-state index contributed by atoms with van der Waals surface area (Å²) in [6.07, 6.45) is 0. The number of rotatable bonds is 4. The summed E-state index contributed by atoms with van der Waals surface area (Å²) < 4.78 is 5.10. The Morgan fingerprint density at radius 2 is 2.18 bits per heavy atom. The standard InChI is InChI=1S/C8H17NO2/c1-8(2,9-3-4-10)7-5-11-6-7/h7,9-10H,3-6H2,1-2H3. The van der Waals surface area contributed by atoms with Gasteiger partial charge in [0.05, 0.1) is 19.8 Å². The molecule has 0 aromatic heterocycles. The Balaban J connectivity index is 2.25. The first-order chi connectivity index (χ1) is 5.17. The van der Waals surface area contributed by atoms with Crippen molar-refractivity contribution < 1.29 is 9.84 Å². The van der Waals surface area contributed by atoms with Gasteiger partial charge in [0, 0.05) is 18.0 Å². The smallest absolute Gasteiger partial charge is 0.0556 e. The summed E-state index contributed by atoms with van der Waals surface area (Å²) in [4.78, 5) is 0. The zero-order valence-corrected chi connectivity index (χ0v) is 7.26. The summed E-state index contributed by atoms with van der Waals surface area (Å²) in [6.45, 7) is 6.88. The fraction of sp³-hybridized carbons (Fsp3) is 1.00. The van der Waals surface area contributed by atoms with E-state index in [9.17, 15) is 0 Å². The van der Waals surface area contributed by atoms with Crippen LogP contribution in [0, 0.1) is 5.92 Å². The molecule has 0 aromatic carbocycles. The number of aliphatic hydroxyl groups excluding tert-OH is 1. The summed E-state index contributed by atoms with van der Waals surface area (Å²) in [7, 11) is 0. The van der Waals surface area contributed by atoms with E-state index in [1.807, 2.05) is 0 Å². The normalized spacial score (nSPS) is 19.9. The first-order valence-electron chi connectivity index (χ1n) is 4.10. The number of nitrogens with one attached hydrogen (secondary N) is 1. The molecule has 0 bridgehead atoms. The molecule has 1 aliphatic rings. The van der Waals surface area contributed by atoms with E-state index in [0.29, 0.717) is 12.5 Å². The molecule has 0 saturated carbocycles. The number of ether oxygens (including phenoxy) is 1. The molecule has 0 atom stereocenters. The molecule has 0 aliphatic carbocycles. The van der Waals surface area contributed by atoms with E-state index in [2.05, 4.69) is 19.2 Å². The van der Waals surface area contributed by atoms with E-state index < -0.39 is 0 Å². The number of aliphatic hydroxyl groups is 1. The molecule has 1 rings (SSSR count). The van der Waals surface area contributed by atoms with E-state index in [1.165, 1.54) is 0 Å². The number of hydrogen-bond donors (Lipinski definition) is 2. The molecule has 0 radical (unpaired) electrons. The minimum absolute atomic E-state index is 0.112. The van der Waals surface area contributed by atoms with Crippen molar-refractivity contribution in [1.29, 1.82) is 0 Å². The minimum atomic E-state index is 0.112. The lowest BCUT2D eigenvalue weighted by Gasteiger charge is -2.40. The molecule has 0 aromatic rings. The van der Waals surface area contributed by atoms with Gasteiger partial charge in [-0.25, -0.2) is 0 Å². The van der Waals surface area contributed by atoms with Crippen molar-refractivity contribution in [1.82, 2.24) is 5.32 Å². The van der Waals surface area contributed by atoms with Gasteiger partial charge < -0.3 is 15.2 Å². The highest BCUT2D eigenvalue weighted by atomic mass is 16.5. The molecule has 1 aliphatic heterocycles. The Bertz CT molecular complexity index is 121. The van der Waals surface area contributed by atoms with Crippen LogP contribution in [0.3, 0.4) is 0 Å². The maximum atomic E-state index is 8.61. The highest BCUT2D eigenvalue weighted by Gasteiger charge is 2.34. The van der Waals surface area contributed by atoms with Crippen LogP contribution >= 0.6 is 0 Å². The van der Waals surface area contributed by atoms with Crippen LogP contribution in [-0.4, -0.2) is 37.0 Å². The Morgan fingerprint density at radius 1 is 1.55 bits per heavy atom. The van der Waals surface area contributed by atoms with E-state index >= 15 is 0 Å². The van der Waals surface area contributed by atoms with Gasteiger partial charge in [-0.3, -0.25) is 0 Å². The van der Waals surface area contributed by atoms with E-state index in [0.717, 1.165) is 13.2 Å². The van der Waals surface area contributed by atoms with Crippen LogP contribution in [0.5, 0.6) is 0 Å². The van der Waals surface area contributed by atoms with Crippen molar-refractivity contribution in [3.63, 3.8) is 0 Å². The van der Waals surface area contributed by atoms with E-state index in [-0.39, 0.29) is 12.1 Å². The zero-order valence-electron chi connectivity index (χ0n) is 7.26. The summed E-state index contributed by atoms with van der Waals surface area (Å²) >= 11 is 0. The average molecular weight is 159 g/mol. The van der Waals surface area contributed by atoms with Crippen molar-refractivity contribution in [3.05, 3.63) is 0 Å². The third-order valence-corrected chi connectivity index (χ3v) is 2.35. The van der Waals surface area contributed by atoms with Crippen molar-refractivity contribution in [2.45, 2.75) is 19.4 Å². The monoisotopic (exact) mass is 159 g/mol. The zero-order chi connectivity index (χ0) is 8.32. The topological polar surface area (TPSA) is 41.5 Å². The van der Waals surface area contributed by atoms with Gasteiger partial charge in [0.25, 0.3) is 0 Å². The molecule has 3 nitrogen and oxygen atoms in total. The Labute approximate surface area is 67.7 Å². The molecule has 3 heteroatoms. The average Bonchev–Trinajstić information content (AvgIpc) is 1.78. The van der Waals surface area contributed by atoms with Gasteiger partial charge in [0.15, 0.2) is 0 Å². The number of β-amino-alcohol motifs (C(OH)–C–C–N with tert-alkyl or cyclic N) is 1. The maximum Gasteiger partial charge on any atom is 0.0556 e. The molecule has 0 amide bonds. The van der Waals surface area contributed by atoms with Gasteiger partial charge in [-0.2, -0.15) is 0 Å². The largest absolute Gasteiger partial charge is 0.395 e. The van der Waals surface area contributed by atoms with Crippen LogP contribution in [0.1, 0.15) is 13.8 Å². The van der Waals surface area contributed by atoms with Crippen molar-refractivity contribution >= 4 is 0 Å². The SMILES string of the molecule is CC(C)(NCCO)C1COC1. The first-order valence-corrected chi connectivity index (χ1v) is 4.10. The van der Waals surface area contributed by atoms with Crippen LogP contribution in [0.15, 0.2) is 0 Å². The van der Waals surface area contributed by atoms with Crippen molar-refractivity contribution in [3.8, 4) is 0 Å². The summed E-state index contributed by atoms with van der Waals surface area (Å²) in [6, 6.07) is 0. The Hall–Kier alpha value is -0.120. The van der Waals surface area contributed by atoms with Crippen LogP contribution in [0.4, 0.5) is 0 Å². The quantitative estimate of drug-likeness (QED) is 0.606. The summed E-state index contributed by atoms with van der Waals surface area (Å²) in [5, 5.41) is 11.9. The molecule has 1 fully saturated rings. The van der Waals surface area contributed by atoms with Gasteiger partial charge in [-0.1, -0.05) is 0 Å². The van der Waals surface area contributed by atoms with Crippen molar-refractivity contribution in [2.24, 2.45) is 5.92 Å². The molecule has 66 valence electrons. The Morgan fingerprint density at radius 3 is 2.55 bits per heavy atom. The first kappa shape index (κ1) is 8.97. The van der Waals surface area contributed by atoms with Gasteiger partial charge in [-0.15, -0.1) is 0 Å². The molecule has 0 unspecified atom stereocenters. The maximum absolute atomic E-state index is 8.61. The molecule has 1 saturated heterocycles. The highest BCUT2D eigenvalue weighted by molar-refractivity contribution is 4.89. The third kappa shape index (κ3) is 2.15. The second-order valence-corrected chi connectivity index (χ2v) is 3.61. The van der Waals surface area contributed by atoms with E-state index in [4.69, 9.17) is 9.84 Å². The third-order valence-electron chi connectivity index (χ3n) is 2.35. The Kier molecular flexibility index (Phi) is 2.87. The van der Waals surface area contributed by atoms with Crippen molar-refractivity contribution in [2.75, 3.05) is 26.4 Å². The van der Waals surface area contributed by atoms with Crippen LogP contribution in [0.25, 0.3) is 0 Å². The van der Waals surface area contributed by atoms with Gasteiger partial charge in [0.2, 0.25) is 0 Å². The lowest BCUT2D eigenvalue weighted by molar-refractivity contribution is -0.0707. The van der Waals surface area contributed by atoms with Crippen LogP contribution in [-0.2, 0) is 4.74 Å². The number of hydrogen-bond acceptors (Lipinski definition) is 3. The van der Waals surface area contributed by atoms with E-state index in [1.54, 1.807) is 0 Å². The second kappa shape index (κ2) is 3.52. The molecule has 2 N–H and O–H groups in total. The second-order valence-electron chi connectivity index (χ2n) is 3.61. The fourth-order valence-electron chi connectivity index (χ4n) is 1.17. The molecule has 1 heterocycles. The van der Waals surface area contributed by atoms with Gasteiger partial charge in [0.1, 0.15) is 0 Å². The molecule has 11 heavy (non-hydrogen) atoms.